The Kier molecular flexibility index (Phi) is 3.76. The Balaban J connectivity index is 2.72. The Morgan fingerprint density at radius 2 is 2.05 bits per heavy atom. The first-order valence-electron chi connectivity index (χ1n) is 5.53. The highest BCUT2D eigenvalue weighted by atomic mass is 35.5. The zero-order chi connectivity index (χ0) is 14.0. The standard InChI is InChI=1S/C13H13ClN2O3/c1-16-13(14)9(7-17)11(15-16)8-5-4-6-10(18-2)12(8)19-3/h4-7H,1-3H3. The molecule has 0 spiro atoms. The summed E-state index contributed by atoms with van der Waals surface area (Å²) in [6, 6.07) is 5.37. The van der Waals surface area contributed by atoms with Gasteiger partial charge in [-0.25, -0.2) is 0 Å². The van der Waals surface area contributed by atoms with Crippen LogP contribution in [0.5, 0.6) is 11.5 Å². The van der Waals surface area contributed by atoms with Gasteiger partial charge in [0.25, 0.3) is 0 Å². The highest BCUT2D eigenvalue weighted by Gasteiger charge is 2.20. The first-order chi connectivity index (χ1) is 9.13. The Labute approximate surface area is 115 Å². The van der Waals surface area contributed by atoms with Gasteiger partial charge in [-0.1, -0.05) is 17.7 Å². The summed E-state index contributed by atoms with van der Waals surface area (Å²) in [6.07, 6.45) is 0.684. The smallest absolute Gasteiger partial charge is 0.170 e. The third-order valence-electron chi connectivity index (χ3n) is 2.79. The van der Waals surface area contributed by atoms with Crippen LogP contribution in [0.4, 0.5) is 0 Å². The predicted octanol–water partition coefficient (Wildman–Crippen LogP) is 2.57. The van der Waals surface area contributed by atoms with E-state index in [4.69, 9.17) is 21.1 Å². The summed E-state index contributed by atoms with van der Waals surface area (Å²) in [4.78, 5) is 11.2. The van der Waals surface area contributed by atoms with Crippen LogP contribution in [0.3, 0.4) is 0 Å². The normalized spacial score (nSPS) is 10.3. The molecule has 0 fully saturated rings. The molecule has 0 aliphatic heterocycles. The summed E-state index contributed by atoms with van der Waals surface area (Å²) >= 11 is 6.03. The molecule has 1 aromatic carbocycles. The van der Waals surface area contributed by atoms with Crippen LogP contribution in [0.2, 0.25) is 5.15 Å². The van der Waals surface area contributed by atoms with Crippen LogP contribution < -0.4 is 9.47 Å². The summed E-state index contributed by atoms with van der Waals surface area (Å²) < 4.78 is 12.0. The van der Waals surface area contributed by atoms with Crippen LogP contribution in [0.25, 0.3) is 11.3 Å². The van der Waals surface area contributed by atoms with Gasteiger partial charge in [-0.05, 0) is 12.1 Å². The number of halogens is 1. The molecule has 0 atom stereocenters. The number of carbonyl (C=O) groups is 1. The molecule has 19 heavy (non-hydrogen) atoms. The molecule has 0 unspecified atom stereocenters. The number of aryl methyl sites for hydroxylation is 1. The van der Waals surface area contributed by atoms with Crippen molar-refractivity contribution in [1.29, 1.82) is 0 Å². The zero-order valence-electron chi connectivity index (χ0n) is 10.8. The van der Waals surface area contributed by atoms with Gasteiger partial charge in [0.05, 0.1) is 19.8 Å². The number of para-hydroxylation sites is 1. The van der Waals surface area contributed by atoms with Gasteiger partial charge in [-0.3, -0.25) is 9.48 Å². The van der Waals surface area contributed by atoms with Gasteiger partial charge in [0.2, 0.25) is 0 Å². The first kappa shape index (κ1) is 13.4. The van der Waals surface area contributed by atoms with E-state index in [0.717, 1.165) is 0 Å². The van der Waals surface area contributed by atoms with Crippen molar-refractivity contribution in [3.05, 3.63) is 28.9 Å². The van der Waals surface area contributed by atoms with E-state index in [9.17, 15) is 4.79 Å². The van der Waals surface area contributed by atoms with Crippen LogP contribution in [0.1, 0.15) is 10.4 Å². The van der Waals surface area contributed by atoms with Gasteiger partial charge in [0.1, 0.15) is 10.8 Å². The molecule has 5 nitrogen and oxygen atoms in total. The van der Waals surface area contributed by atoms with E-state index in [1.165, 1.54) is 11.8 Å². The number of hydrogen-bond acceptors (Lipinski definition) is 4. The zero-order valence-corrected chi connectivity index (χ0v) is 11.6. The van der Waals surface area contributed by atoms with Crippen molar-refractivity contribution >= 4 is 17.9 Å². The molecular formula is C13H13ClN2O3. The topological polar surface area (TPSA) is 53.4 Å². The van der Waals surface area contributed by atoms with E-state index in [0.29, 0.717) is 34.6 Å². The second-order valence-electron chi connectivity index (χ2n) is 3.84. The lowest BCUT2D eigenvalue weighted by atomic mass is 10.1. The van der Waals surface area contributed by atoms with Crippen molar-refractivity contribution in [2.75, 3.05) is 14.2 Å². The number of benzene rings is 1. The molecule has 0 aliphatic carbocycles. The third-order valence-corrected chi connectivity index (χ3v) is 3.24. The van der Waals surface area contributed by atoms with E-state index in [1.807, 2.05) is 0 Å². The second-order valence-corrected chi connectivity index (χ2v) is 4.19. The Bertz CT molecular complexity index is 623. The third kappa shape index (κ3) is 2.17. The number of ether oxygens (including phenoxy) is 2. The Morgan fingerprint density at radius 1 is 1.32 bits per heavy atom. The number of methoxy groups -OCH3 is 2. The largest absolute Gasteiger partial charge is 0.493 e. The summed E-state index contributed by atoms with van der Waals surface area (Å²) in [5.74, 6) is 1.08. The maximum Gasteiger partial charge on any atom is 0.170 e. The maximum atomic E-state index is 11.2. The van der Waals surface area contributed by atoms with Crippen molar-refractivity contribution in [2.45, 2.75) is 0 Å². The van der Waals surface area contributed by atoms with E-state index in [-0.39, 0.29) is 5.15 Å². The number of carbonyl (C=O) groups excluding carboxylic acids is 1. The molecule has 1 aromatic heterocycles. The van der Waals surface area contributed by atoms with E-state index >= 15 is 0 Å². The minimum absolute atomic E-state index is 0.287. The van der Waals surface area contributed by atoms with E-state index in [2.05, 4.69) is 5.10 Å². The van der Waals surface area contributed by atoms with Crippen LogP contribution in [0.15, 0.2) is 18.2 Å². The quantitative estimate of drug-likeness (QED) is 0.808. The van der Waals surface area contributed by atoms with Gasteiger partial charge < -0.3 is 9.47 Å². The average Bonchev–Trinajstić information content (AvgIpc) is 2.73. The molecule has 6 heteroatoms. The predicted molar refractivity (Wildman–Crippen MR) is 72.1 cm³/mol. The van der Waals surface area contributed by atoms with Crippen LogP contribution in [-0.4, -0.2) is 30.3 Å². The van der Waals surface area contributed by atoms with Gasteiger partial charge in [0.15, 0.2) is 17.8 Å². The van der Waals surface area contributed by atoms with E-state index in [1.54, 1.807) is 32.4 Å². The average molecular weight is 281 g/mol. The SMILES string of the molecule is COc1cccc(-c2nn(C)c(Cl)c2C=O)c1OC. The van der Waals surface area contributed by atoms with Crippen molar-refractivity contribution in [2.24, 2.45) is 7.05 Å². The number of nitrogens with zero attached hydrogens (tertiary/aromatic N) is 2. The van der Waals surface area contributed by atoms with Gasteiger partial charge in [-0.15, -0.1) is 0 Å². The highest BCUT2D eigenvalue weighted by Crippen LogP contribution is 2.39. The number of aldehydes is 1. The summed E-state index contributed by atoms with van der Waals surface area (Å²) in [7, 11) is 4.76. The molecular weight excluding hydrogens is 268 g/mol. The lowest BCUT2D eigenvalue weighted by Crippen LogP contribution is -1.95. The molecule has 1 heterocycles. The fourth-order valence-corrected chi connectivity index (χ4v) is 2.07. The molecule has 2 aromatic rings. The van der Waals surface area contributed by atoms with Gasteiger partial charge in [0, 0.05) is 12.6 Å². The number of aromatic nitrogens is 2. The summed E-state index contributed by atoms with van der Waals surface area (Å²) in [5.41, 5.74) is 1.46. The number of hydrogen-bond donors (Lipinski definition) is 0. The van der Waals surface area contributed by atoms with Crippen molar-refractivity contribution < 1.29 is 14.3 Å². The van der Waals surface area contributed by atoms with Gasteiger partial charge >= 0.3 is 0 Å². The maximum absolute atomic E-state index is 11.2. The van der Waals surface area contributed by atoms with Crippen molar-refractivity contribution in [1.82, 2.24) is 9.78 Å². The molecule has 0 aliphatic rings. The van der Waals surface area contributed by atoms with Crippen molar-refractivity contribution in [3.63, 3.8) is 0 Å². The number of rotatable bonds is 4. The molecule has 0 N–H and O–H groups in total. The lowest BCUT2D eigenvalue weighted by Gasteiger charge is -2.11. The van der Waals surface area contributed by atoms with Crippen LogP contribution in [-0.2, 0) is 7.05 Å². The molecule has 0 bridgehead atoms. The van der Waals surface area contributed by atoms with E-state index < -0.39 is 0 Å². The van der Waals surface area contributed by atoms with Gasteiger partial charge in [-0.2, -0.15) is 5.10 Å². The second kappa shape index (κ2) is 5.32. The molecule has 100 valence electrons. The Morgan fingerprint density at radius 3 is 2.63 bits per heavy atom. The molecule has 0 amide bonds. The van der Waals surface area contributed by atoms with Crippen molar-refractivity contribution in [3.8, 4) is 22.8 Å². The Hall–Kier alpha value is -2.01. The first-order valence-corrected chi connectivity index (χ1v) is 5.90. The van der Waals surface area contributed by atoms with Crippen LogP contribution >= 0.6 is 11.6 Å². The monoisotopic (exact) mass is 280 g/mol. The fourth-order valence-electron chi connectivity index (χ4n) is 1.90. The minimum atomic E-state index is 0.287. The summed E-state index contributed by atoms with van der Waals surface area (Å²) in [6.45, 7) is 0. The molecule has 0 saturated heterocycles. The lowest BCUT2D eigenvalue weighted by molar-refractivity contribution is 0.112. The van der Waals surface area contributed by atoms with Crippen LogP contribution in [0, 0.1) is 0 Å². The highest BCUT2D eigenvalue weighted by molar-refractivity contribution is 6.32. The fraction of sp³-hybridized carbons (Fsp3) is 0.231. The molecule has 0 radical (unpaired) electrons. The summed E-state index contributed by atoms with van der Waals surface area (Å²) in [5, 5.41) is 4.54. The molecule has 0 saturated carbocycles. The molecule has 2 rings (SSSR count). The minimum Gasteiger partial charge on any atom is -0.493 e.